The fourth-order valence-electron chi connectivity index (χ4n) is 0.615. The van der Waals surface area contributed by atoms with Crippen LogP contribution in [0, 0.1) is 0 Å². The number of hydrogen-bond acceptors (Lipinski definition) is 3. The Morgan fingerprint density at radius 1 is 1.73 bits per heavy atom. The lowest BCUT2D eigenvalue weighted by Crippen LogP contribution is -1.83. The first-order chi connectivity index (χ1) is 5.24. The molecular weight excluding hydrogens is 162 g/mol. The van der Waals surface area contributed by atoms with Gasteiger partial charge in [-0.25, -0.2) is 0 Å². The van der Waals surface area contributed by atoms with Crippen LogP contribution in [0.3, 0.4) is 0 Å². The third-order valence-electron chi connectivity index (χ3n) is 1.08. The van der Waals surface area contributed by atoms with Crippen molar-refractivity contribution >= 4 is 22.1 Å². The molecule has 0 saturated heterocycles. The first kappa shape index (κ1) is 7.78. The maximum atomic E-state index is 10.7. The zero-order chi connectivity index (χ0) is 8.27. The van der Waals surface area contributed by atoms with Crippen molar-refractivity contribution in [2.24, 2.45) is 5.11 Å². The van der Waals surface area contributed by atoms with Crippen molar-refractivity contribution in [2.75, 3.05) is 0 Å². The van der Waals surface area contributed by atoms with Crippen molar-refractivity contribution < 1.29 is 4.79 Å². The molecule has 0 spiro atoms. The van der Waals surface area contributed by atoms with E-state index >= 15 is 0 Å². The zero-order valence-corrected chi connectivity index (χ0v) is 6.63. The molecule has 56 valence electrons. The van der Waals surface area contributed by atoms with Crippen LogP contribution in [-0.2, 0) is 0 Å². The number of rotatable bonds is 2. The SMILES string of the molecule is CC(=O)c1ccc(N=[N+]=[N-])s1. The first-order valence-corrected chi connectivity index (χ1v) is 3.71. The molecule has 0 aliphatic rings. The van der Waals surface area contributed by atoms with Crippen molar-refractivity contribution in [3.05, 3.63) is 27.5 Å². The summed E-state index contributed by atoms with van der Waals surface area (Å²) in [6, 6.07) is 3.28. The topological polar surface area (TPSA) is 65.8 Å². The molecule has 0 aliphatic heterocycles. The lowest BCUT2D eigenvalue weighted by molar-refractivity contribution is 0.102. The van der Waals surface area contributed by atoms with Gasteiger partial charge in [-0.1, -0.05) is 5.11 Å². The van der Waals surface area contributed by atoms with E-state index in [4.69, 9.17) is 5.53 Å². The summed E-state index contributed by atoms with van der Waals surface area (Å²) >= 11 is 1.20. The number of hydrogen-bond donors (Lipinski definition) is 0. The van der Waals surface area contributed by atoms with E-state index in [1.165, 1.54) is 18.3 Å². The van der Waals surface area contributed by atoms with Crippen LogP contribution in [-0.4, -0.2) is 5.78 Å². The monoisotopic (exact) mass is 167 g/mol. The molecule has 0 atom stereocenters. The van der Waals surface area contributed by atoms with Crippen molar-refractivity contribution in [3.8, 4) is 0 Å². The third-order valence-corrected chi connectivity index (χ3v) is 2.15. The summed E-state index contributed by atoms with van der Waals surface area (Å²) in [5.74, 6) is -0.00519. The molecule has 11 heavy (non-hydrogen) atoms. The van der Waals surface area contributed by atoms with Gasteiger partial charge in [0.2, 0.25) is 0 Å². The number of ketones is 1. The normalized spacial score (nSPS) is 8.82. The number of azide groups is 1. The predicted octanol–water partition coefficient (Wildman–Crippen LogP) is 2.89. The molecule has 0 fully saturated rings. The van der Waals surface area contributed by atoms with Crippen LogP contribution in [0.25, 0.3) is 10.4 Å². The van der Waals surface area contributed by atoms with Gasteiger partial charge in [0.05, 0.1) is 9.88 Å². The lowest BCUT2D eigenvalue weighted by atomic mass is 10.4. The van der Waals surface area contributed by atoms with Crippen LogP contribution in [0.5, 0.6) is 0 Å². The van der Waals surface area contributed by atoms with Crippen LogP contribution in [0.15, 0.2) is 17.2 Å². The molecule has 0 bridgehead atoms. The van der Waals surface area contributed by atoms with E-state index in [0.29, 0.717) is 9.88 Å². The van der Waals surface area contributed by atoms with Crippen LogP contribution in [0.2, 0.25) is 0 Å². The Hall–Kier alpha value is -1.32. The van der Waals surface area contributed by atoms with Gasteiger partial charge in [0.25, 0.3) is 0 Å². The largest absolute Gasteiger partial charge is 0.294 e. The Morgan fingerprint density at radius 2 is 2.45 bits per heavy atom. The molecule has 0 aromatic carbocycles. The lowest BCUT2D eigenvalue weighted by Gasteiger charge is -1.81. The highest BCUT2D eigenvalue weighted by molar-refractivity contribution is 7.17. The molecule has 1 aromatic rings. The smallest absolute Gasteiger partial charge is 0.169 e. The minimum atomic E-state index is -0.00519. The standard InChI is InChI=1S/C6H5N3OS/c1-4(10)5-2-3-6(11-5)8-9-7/h2-3H,1H3. The molecule has 1 heterocycles. The Balaban J connectivity index is 2.99. The first-order valence-electron chi connectivity index (χ1n) is 2.90. The van der Waals surface area contributed by atoms with Crippen LogP contribution < -0.4 is 0 Å². The van der Waals surface area contributed by atoms with Gasteiger partial charge in [0.1, 0.15) is 0 Å². The Morgan fingerprint density at radius 3 is 2.91 bits per heavy atom. The van der Waals surface area contributed by atoms with Gasteiger partial charge in [-0.2, -0.15) is 0 Å². The van der Waals surface area contributed by atoms with Crippen LogP contribution in [0.1, 0.15) is 16.6 Å². The van der Waals surface area contributed by atoms with Crippen molar-refractivity contribution in [3.63, 3.8) is 0 Å². The molecule has 1 aromatic heterocycles. The number of Topliss-reactive ketones (excluding diaryl/α,β-unsaturated/α-hetero) is 1. The number of thiophene rings is 1. The number of carbonyl (C=O) groups is 1. The van der Waals surface area contributed by atoms with E-state index in [0.717, 1.165) is 0 Å². The predicted molar refractivity (Wildman–Crippen MR) is 43.1 cm³/mol. The van der Waals surface area contributed by atoms with Gasteiger partial charge in [0.15, 0.2) is 5.78 Å². The molecule has 5 heteroatoms. The highest BCUT2D eigenvalue weighted by Crippen LogP contribution is 2.24. The quantitative estimate of drug-likeness (QED) is 0.289. The second-order valence-electron chi connectivity index (χ2n) is 1.88. The molecule has 0 aliphatic carbocycles. The maximum Gasteiger partial charge on any atom is 0.169 e. The Bertz CT molecular complexity index is 308. The number of nitrogens with zero attached hydrogens (tertiary/aromatic N) is 3. The second kappa shape index (κ2) is 3.18. The van der Waals surface area contributed by atoms with Gasteiger partial charge < -0.3 is 0 Å². The van der Waals surface area contributed by atoms with Crippen molar-refractivity contribution in [1.29, 1.82) is 0 Å². The molecule has 1 rings (SSSR count). The molecule has 0 radical (unpaired) electrons. The van der Waals surface area contributed by atoms with E-state index in [1.54, 1.807) is 12.1 Å². The van der Waals surface area contributed by atoms with E-state index < -0.39 is 0 Å². The van der Waals surface area contributed by atoms with Crippen molar-refractivity contribution in [1.82, 2.24) is 0 Å². The molecule has 0 saturated carbocycles. The van der Waals surface area contributed by atoms with Gasteiger partial charge in [-0.3, -0.25) is 4.79 Å². The molecular formula is C6H5N3OS. The summed E-state index contributed by atoms with van der Waals surface area (Å²) in [6.45, 7) is 1.48. The summed E-state index contributed by atoms with van der Waals surface area (Å²) in [4.78, 5) is 14.0. The van der Waals surface area contributed by atoms with E-state index in [1.807, 2.05) is 0 Å². The van der Waals surface area contributed by atoms with Crippen molar-refractivity contribution in [2.45, 2.75) is 6.92 Å². The second-order valence-corrected chi connectivity index (χ2v) is 2.95. The third kappa shape index (κ3) is 1.80. The molecule has 0 amide bonds. The Kier molecular flexibility index (Phi) is 2.25. The average molecular weight is 167 g/mol. The minimum Gasteiger partial charge on any atom is -0.294 e. The molecule has 0 N–H and O–H groups in total. The van der Waals surface area contributed by atoms with E-state index in [-0.39, 0.29) is 5.78 Å². The van der Waals surface area contributed by atoms with Crippen LogP contribution >= 0.6 is 11.3 Å². The summed E-state index contributed by atoms with van der Waals surface area (Å²) in [7, 11) is 0. The Labute approximate surface area is 67.1 Å². The maximum absolute atomic E-state index is 10.7. The number of carbonyl (C=O) groups excluding carboxylic acids is 1. The average Bonchev–Trinajstić information content (AvgIpc) is 2.37. The summed E-state index contributed by atoms with van der Waals surface area (Å²) in [5.41, 5.74) is 8.05. The highest BCUT2D eigenvalue weighted by atomic mass is 32.1. The van der Waals surface area contributed by atoms with Gasteiger partial charge >= 0.3 is 0 Å². The molecule has 0 unspecified atom stereocenters. The minimum absolute atomic E-state index is 0.00519. The fourth-order valence-corrected chi connectivity index (χ4v) is 1.33. The summed E-state index contributed by atoms with van der Waals surface area (Å²) in [6.07, 6.45) is 0. The van der Waals surface area contributed by atoms with E-state index in [9.17, 15) is 4.79 Å². The molecule has 4 nitrogen and oxygen atoms in total. The van der Waals surface area contributed by atoms with Gasteiger partial charge in [-0.05, 0) is 24.6 Å². The zero-order valence-electron chi connectivity index (χ0n) is 5.81. The fraction of sp³-hybridized carbons (Fsp3) is 0.167. The van der Waals surface area contributed by atoms with Crippen LogP contribution in [0.4, 0.5) is 5.00 Å². The summed E-state index contributed by atoms with van der Waals surface area (Å²) < 4.78 is 0. The van der Waals surface area contributed by atoms with Gasteiger partial charge in [-0.15, -0.1) is 11.3 Å². The highest BCUT2D eigenvalue weighted by Gasteiger charge is 2.01. The van der Waals surface area contributed by atoms with E-state index in [2.05, 4.69) is 10.0 Å². The van der Waals surface area contributed by atoms with Gasteiger partial charge in [0, 0.05) is 4.91 Å². The summed E-state index contributed by atoms with van der Waals surface area (Å²) in [5, 5.41) is 3.88.